The van der Waals surface area contributed by atoms with Crippen molar-refractivity contribution in [2.75, 3.05) is 46.4 Å². The van der Waals surface area contributed by atoms with Crippen LogP contribution in [0.15, 0.2) is 60.7 Å². The highest BCUT2D eigenvalue weighted by molar-refractivity contribution is 5.88. The Kier molecular flexibility index (Phi) is 13.0. The summed E-state index contributed by atoms with van der Waals surface area (Å²) in [6, 6.07) is 16.3. The maximum Gasteiger partial charge on any atom is 0.407 e. The maximum absolute atomic E-state index is 14.4. The molecular formula is C46H56FN9O8. The van der Waals surface area contributed by atoms with Gasteiger partial charge in [-0.2, -0.15) is 0 Å². The van der Waals surface area contributed by atoms with Crippen molar-refractivity contribution < 1.29 is 42.5 Å². The number of nitrogens with zero attached hydrogens (tertiary/aromatic N) is 5. The molecule has 3 aliphatic rings. The van der Waals surface area contributed by atoms with Crippen LogP contribution >= 0.6 is 0 Å². The van der Waals surface area contributed by atoms with Crippen LogP contribution in [-0.4, -0.2) is 120 Å². The van der Waals surface area contributed by atoms with Gasteiger partial charge in [0, 0.05) is 33.0 Å². The molecule has 5 aromatic rings. The number of halogens is 1. The summed E-state index contributed by atoms with van der Waals surface area (Å²) >= 11 is 0. The van der Waals surface area contributed by atoms with E-state index >= 15 is 0 Å². The number of aromatic nitrogens is 4. The summed E-state index contributed by atoms with van der Waals surface area (Å²) < 4.78 is 34.9. The molecule has 8 atom stereocenters. The Bertz CT molecular complexity index is 2350. The van der Waals surface area contributed by atoms with Gasteiger partial charge in [0.2, 0.25) is 11.8 Å². The number of hydrogen-bond acceptors (Lipinski definition) is 11. The number of nitrogens with one attached hydrogen (secondary N) is 4. The molecule has 0 aliphatic carbocycles. The van der Waals surface area contributed by atoms with E-state index in [-0.39, 0.29) is 41.8 Å². The molecule has 18 heteroatoms. The third-order valence-electron chi connectivity index (χ3n) is 13.2. The van der Waals surface area contributed by atoms with Gasteiger partial charge in [-0.1, -0.05) is 12.1 Å². The van der Waals surface area contributed by atoms with Crippen molar-refractivity contribution in [3.63, 3.8) is 0 Å². The number of aromatic amines is 2. The van der Waals surface area contributed by atoms with E-state index in [9.17, 15) is 23.6 Å². The Morgan fingerprint density at radius 1 is 0.641 bits per heavy atom. The highest BCUT2D eigenvalue weighted by Crippen LogP contribution is 2.48. The lowest BCUT2D eigenvalue weighted by molar-refractivity contribution is -0.138. The number of carbonyl (C=O) groups excluding carboxylic acids is 4. The molecule has 3 saturated heterocycles. The van der Waals surface area contributed by atoms with Crippen LogP contribution in [0.25, 0.3) is 22.1 Å². The Hall–Kier alpha value is -6.27. The van der Waals surface area contributed by atoms with Crippen LogP contribution in [0, 0.1) is 5.82 Å². The van der Waals surface area contributed by atoms with Crippen LogP contribution in [0.4, 0.5) is 19.7 Å². The van der Waals surface area contributed by atoms with E-state index in [4.69, 9.17) is 28.9 Å². The second-order valence-electron chi connectivity index (χ2n) is 16.8. The minimum atomic E-state index is -0.937. The zero-order valence-electron chi connectivity index (χ0n) is 36.9. The van der Waals surface area contributed by atoms with Crippen LogP contribution in [0.3, 0.4) is 0 Å². The van der Waals surface area contributed by atoms with Crippen molar-refractivity contribution >= 4 is 51.8 Å². The highest BCUT2D eigenvalue weighted by atomic mass is 19.1. The quantitative estimate of drug-likeness (QED) is 0.101. The van der Waals surface area contributed by atoms with Crippen LogP contribution in [0.1, 0.15) is 99.3 Å². The average molecular weight is 882 g/mol. The molecule has 64 heavy (non-hydrogen) atoms. The lowest BCUT2D eigenvalue weighted by atomic mass is 10.0. The molecular weight excluding hydrogens is 826 g/mol. The number of amides is 4. The number of likely N-dealkylation sites (tertiary alicyclic amines) is 2. The first-order valence-corrected chi connectivity index (χ1v) is 21.8. The van der Waals surface area contributed by atoms with Crippen LogP contribution < -0.4 is 15.5 Å². The summed E-state index contributed by atoms with van der Waals surface area (Å²) in [4.78, 5) is 74.9. The number of H-pyrrole nitrogens is 2. The van der Waals surface area contributed by atoms with E-state index < -0.39 is 36.5 Å². The van der Waals surface area contributed by atoms with Gasteiger partial charge < -0.3 is 54.2 Å². The smallest absolute Gasteiger partial charge is 0.407 e. The lowest BCUT2D eigenvalue weighted by Gasteiger charge is -2.33. The van der Waals surface area contributed by atoms with Crippen molar-refractivity contribution in [3.8, 4) is 0 Å². The van der Waals surface area contributed by atoms with Crippen LogP contribution in [0.5, 0.6) is 0 Å². The Morgan fingerprint density at radius 3 is 1.48 bits per heavy atom. The summed E-state index contributed by atoms with van der Waals surface area (Å²) in [7, 11) is 5.49. The van der Waals surface area contributed by atoms with Gasteiger partial charge in [-0.05, 0) is 112 Å². The van der Waals surface area contributed by atoms with Gasteiger partial charge in [-0.15, -0.1) is 0 Å². The van der Waals surface area contributed by atoms with Gasteiger partial charge in [0.15, 0.2) is 0 Å². The number of fused-ring (bicyclic) bond motifs is 2. The number of carbonyl (C=O) groups is 4. The number of hydrogen-bond donors (Lipinski definition) is 4. The van der Waals surface area contributed by atoms with Crippen LogP contribution in [0.2, 0.25) is 0 Å². The number of anilines is 1. The van der Waals surface area contributed by atoms with Gasteiger partial charge in [0.05, 0.1) is 72.7 Å². The number of imidazole rings is 2. The predicted molar refractivity (Wildman–Crippen MR) is 235 cm³/mol. The molecule has 2 aromatic heterocycles. The Morgan fingerprint density at radius 2 is 1.08 bits per heavy atom. The fourth-order valence-corrected chi connectivity index (χ4v) is 9.65. The maximum atomic E-state index is 14.4. The molecule has 8 rings (SSSR count). The highest BCUT2D eigenvalue weighted by Gasteiger charge is 2.41. The summed E-state index contributed by atoms with van der Waals surface area (Å²) in [5.74, 6) is 0.469. The van der Waals surface area contributed by atoms with Crippen LogP contribution in [-0.2, 0) is 28.5 Å². The molecule has 3 aliphatic heterocycles. The molecule has 4 amide bonds. The number of ether oxygens (including phenoxy) is 4. The Balaban J connectivity index is 1.06. The number of alkyl carbamates (subject to hydrolysis) is 2. The van der Waals surface area contributed by atoms with E-state index in [0.717, 1.165) is 64.6 Å². The second kappa shape index (κ2) is 18.8. The van der Waals surface area contributed by atoms with E-state index in [2.05, 4.69) is 49.8 Å². The van der Waals surface area contributed by atoms with Crippen molar-refractivity contribution in [1.82, 2.24) is 40.4 Å². The predicted octanol–water partition coefficient (Wildman–Crippen LogP) is 6.51. The standard InChI is InChI=1S/C46H56FN9O8/c1-25(61-3)39(52-45(59)63-5)43(57)54-21-7-9-37(54)41-48-31-17-11-27(23-33(31)50-41)35-19-20-36(56(35)30-15-13-29(47)14-16-30)28-12-18-32-34(24-28)51-42(49-32)38-10-8-22-55(38)44(58)40(26(2)62-4)53-46(60)64-6/h11-18,23-26,35-40H,7-10,19-22H2,1-6H3,(H,48,50)(H,49,51)(H,52,59)(H,53,60). The van der Waals surface area contributed by atoms with Crippen molar-refractivity contribution in [1.29, 1.82) is 0 Å². The number of benzene rings is 3. The summed E-state index contributed by atoms with van der Waals surface area (Å²) in [5, 5.41) is 5.28. The second-order valence-corrected chi connectivity index (χ2v) is 16.8. The third-order valence-corrected chi connectivity index (χ3v) is 13.2. The fraction of sp³-hybridized carbons (Fsp3) is 0.478. The zero-order chi connectivity index (χ0) is 45.2. The molecule has 0 spiro atoms. The minimum Gasteiger partial charge on any atom is -0.453 e. The fourth-order valence-electron chi connectivity index (χ4n) is 9.65. The number of methoxy groups -OCH3 is 4. The summed E-state index contributed by atoms with van der Waals surface area (Å²) in [6.45, 7) is 4.47. The van der Waals surface area contributed by atoms with Crippen molar-refractivity contribution in [3.05, 3.63) is 89.3 Å². The van der Waals surface area contributed by atoms with E-state index in [1.54, 1.807) is 23.6 Å². The van der Waals surface area contributed by atoms with E-state index in [1.807, 2.05) is 24.3 Å². The number of rotatable bonds is 13. The first-order valence-electron chi connectivity index (χ1n) is 21.8. The topological polar surface area (TPSA) is 196 Å². The molecule has 0 radical (unpaired) electrons. The van der Waals surface area contributed by atoms with E-state index in [1.165, 1.54) is 40.6 Å². The average Bonchev–Trinajstić information content (AvgIpc) is 4.17. The molecule has 4 N–H and O–H groups in total. The monoisotopic (exact) mass is 881 g/mol. The summed E-state index contributed by atoms with van der Waals surface area (Å²) in [6.07, 6.45) is 1.98. The molecule has 3 fully saturated rings. The zero-order valence-corrected chi connectivity index (χ0v) is 36.9. The van der Waals surface area contributed by atoms with Gasteiger partial charge >= 0.3 is 12.2 Å². The minimum absolute atomic E-state index is 0.0658. The SMILES string of the molecule is COC(=O)NC(C(=O)N1CCCC1c1nc2ccc(C3CCC(c4ccc5nc(C6CCCN6C(=O)C(NC(=O)OC)C(C)OC)[nH]c5c4)N3c3ccc(F)cc3)cc2[nH]1)C(C)OC. The van der Waals surface area contributed by atoms with Crippen molar-refractivity contribution in [2.45, 2.75) is 101 Å². The van der Waals surface area contributed by atoms with Crippen molar-refractivity contribution in [2.24, 2.45) is 0 Å². The van der Waals surface area contributed by atoms with Gasteiger partial charge in [-0.25, -0.2) is 23.9 Å². The van der Waals surface area contributed by atoms with E-state index in [0.29, 0.717) is 37.6 Å². The molecule has 0 saturated carbocycles. The lowest BCUT2D eigenvalue weighted by Crippen LogP contribution is -2.54. The Labute approximate surface area is 370 Å². The molecule has 8 unspecified atom stereocenters. The normalized spacial score (nSPS) is 21.8. The molecule has 5 heterocycles. The first-order chi connectivity index (χ1) is 30.9. The van der Waals surface area contributed by atoms with Gasteiger partial charge in [0.1, 0.15) is 29.5 Å². The largest absolute Gasteiger partial charge is 0.453 e. The summed E-state index contributed by atoms with van der Waals surface area (Å²) in [5.41, 5.74) is 6.19. The van der Waals surface area contributed by atoms with Gasteiger partial charge in [-0.3, -0.25) is 9.59 Å². The molecule has 17 nitrogen and oxygen atoms in total. The first kappa shape index (κ1) is 44.3. The molecule has 0 bridgehead atoms. The van der Waals surface area contributed by atoms with Gasteiger partial charge in [0.25, 0.3) is 0 Å². The molecule has 340 valence electrons. The molecule has 3 aromatic carbocycles. The third kappa shape index (κ3) is 8.67.